The third kappa shape index (κ3) is 3.35. The highest BCUT2D eigenvalue weighted by Gasteiger charge is 2.42. The Hall–Kier alpha value is -2.04. The first-order valence-electron chi connectivity index (χ1n) is 7.21. The lowest BCUT2D eigenvalue weighted by Gasteiger charge is -2.36. The van der Waals surface area contributed by atoms with Crippen LogP contribution in [0.3, 0.4) is 0 Å². The van der Waals surface area contributed by atoms with Gasteiger partial charge in [-0.2, -0.15) is 0 Å². The number of carbonyl (C=O) groups is 2. The number of carboxylic acids is 1. The minimum absolute atomic E-state index is 0.0491. The Bertz CT molecular complexity index is 512. The number of benzene rings is 1. The Balaban J connectivity index is 2.01. The van der Waals surface area contributed by atoms with Crippen LogP contribution < -0.4 is 4.74 Å². The third-order valence-corrected chi connectivity index (χ3v) is 4.13. The van der Waals surface area contributed by atoms with Gasteiger partial charge in [0.1, 0.15) is 5.75 Å². The molecule has 2 atom stereocenters. The summed E-state index contributed by atoms with van der Waals surface area (Å²) >= 11 is 0. The van der Waals surface area contributed by atoms with Crippen molar-refractivity contribution in [2.75, 3.05) is 13.7 Å². The minimum atomic E-state index is -0.861. The lowest BCUT2D eigenvalue weighted by Crippen LogP contribution is -2.45. The van der Waals surface area contributed by atoms with Gasteiger partial charge in [0.2, 0.25) is 5.91 Å². The summed E-state index contributed by atoms with van der Waals surface area (Å²) < 4.78 is 5.11. The number of rotatable bonds is 6. The van der Waals surface area contributed by atoms with Crippen LogP contribution in [0.5, 0.6) is 5.75 Å². The SMILES string of the molecule is CCN(Cc1ccc(OC)cc1)C(=O)C1CCC1C(=O)O. The number of ether oxygens (including phenoxy) is 1. The predicted octanol–water partition coefficient (Wildman–Crippen LogP) is 2.15. The lowest BCUT2D eigenvalue weighted by molar-refractivity contribution is -0.156. The molecule has 1 aliphatic carbocycles. The number of amides is 1. The topological polar surface area (TPSA) is 66.8 Å². The minimum Gasteiger partial charge on any atom is -0.497 e. The number of aliphatic carboxylic acids is 1. The molecule has 0 aliphatic heterocycles. The fraction of sp³-hybridized carbons (Fsp3) is 0.500. The average molecular weight is 291 g/mol. The highest BCUT2D eigenvalue weighted by atomic mass is 16.5. The highest BCUT2D eigenvalue weighted by molar-refractivity contribution is 5.86. The van der Waals surface area contributed by atoms with Gasteiger partial charge in [-0.05, 0) is 37.5 Å². The van der Waals surface area contributed by atoms with Crippen LogP contribution in [0.15, 0.2) is 24.3 Å². The average Bonchev–Trinajstić information content (AvgIpc) is 2.43. The van der Waals surface area contributed by atoms with Crippen molar-refractivity contribution in [2.24, 2.45) is 11.8 Å². The first-order valence-corrected chi connectivity index (χ1v) is 7.21. The molecule has 2 rings (SSSR count). The second-order valence-corrected chi connectivity index (χ2v) is 5.33. The van der Waals surface area contributed by atoms with E-state index in [1.807, 2.05) is 31.2 Å². The summed E-state index contributed by atoms with van der Waals surface area (Å²) in [4.78, 5) is 25.2. The molecule has 5 nitrogen and oxygen atoms in total. The van der Waals surface area contributed by atoms with E-state index in [2.05, 4.69) is 0 Å². The first-order chi connectivity index (χ1) is 10.1. The zero-order chi connectivity index (χ0) is 15.4. The van der Waals surface area contributed by atoms with Gasteiger partial charge in [-0.15, -0.1) is 0 Å². The molecule has 2 unspecified atom stereocenters. The highest BCUT2D eigenvalue weighted by Crippen LogP contribution is 2.36. The van der Waals surface area contributed by atoms with Crippen molar-refractivity contribution < 1.29 is 19.4 Å². The van der Waals surface area contributed by atoms with Crippen LogP contribution in [0.2, 0.25) is 0 Å². The molecule has 1 aromatic rings. The summed E-state index contributed by atoms with van der Waals surface area (Å²) in [6, 6.07) is 7.56. The summed E-state index contributed by atoms with van der Waals surface area (Å²) in [6.45, 7) is 2.99. The van der Waals surface area contributed by atoms with Gasteiger partial charge in [-0.25, -0.2) is 0 Å². The van der Waals surface area contributed by atoms with E-state index < -0.39 is 11.9 Å². The third-order valence-electron chi connectivity index (χ3n) is 4.13. The zero-order valence-electron chi connectivity index (χ0n) is 12.4. The van der Waals surface area contributed by atoms with E-state index >= 15 is 0 Å². The standard InChI is InChI=1S/C16H21NO4/c1-3-17(10-11-4-6-12(21-2)7-5-11)15(18)13-8-9-14(13)16(19)20/h4-7,13-14H,3,8-10H2,1-2H3,(H,19,20). The quantitative estimate of drug-likeness (QED) is 0.872. The van der Waals surface area contributed by atoms with Crippen LogP contribution in [0.25, 0.3) is 0 Å². The van der Waals surface area contributed by atoms with Gasteiger partial charge >= 0.3 is 5.97 Å². The van der Waals surface area contributed by atoms with E-state index in [4.69, 9.17) is 9.84 Å². The zero-order valence-corrected chi connectivity index (χ0v) is 12.4. The second kappa shape index (κ2) is 6.61. The van der Waals surface area contributed by atoms with Gasteiger partial charge in [-0.1, -0.05) is 12.1 Å². The Labute approximate surface area is 124 Å². The molecular formula is C16H21NO4. The summed E-state index contributed by atoms with van der Waals surface area (Å²) in [5.41, 5.74) is 1.01. The van der Waals surface area contributed by atoms with Crippen LogP contribution in [-0.4, -0.2) is 35.5 Å². The van der Waals surface area contributed by atoms with E-state index in [1.54, 1.807) is 12.0 Å². The molecule has 0 saturated heterocycles. The summed E-state index contributed by atoms with van der Waals surface area (Å²) in [6.07, 6.45) is 1.28. The molecule has 1 fully saturated rings. The van der Waals surface area contributed by atoms with E-state index in [1.165, 1.54) is 0 Å². The molecule has 5 heteroatoms. The van der Waals surface area contributed by atoms with Crippen molar-refractivity contribution in [2.45, 2.75) is 26.3 Å². The Kier molecular flexibility index (Phi) is 4.83. The van der Waals surface area contributed by atoms with E-state index in [-0.39, 0.29) is 11.8 Å². The van der Waals surface area contributed by atoms with E-state index in [9.17, 15) is 9.59 Å². The molecule has 0 heterocycles. The molecular weight excluding hydrogens is 270 g/mol. The van der Waals surface area contributed by atoms with Gasteiger partial charge in [-0.3, -0.25) is 9.59 Å². The van der Waals surface area contributed by atoms with Crippen LogP contribution in [0.1, 0.15) is 25.3 Å². The van der Waals surface area contributed by atoms with Gasteiger partial charge in [0.25, 0.3) is 0 Å². The van der Waals surface area contributed by atoms with Gasteiger partial charge < -0.3 is 14.7 Å². The number of carboxylic acid groups (broad SMARTS) is 1. The maximum Gasteiger partial charge on any atom is 0.307 e. The summed E-state index contributed by atoms with van der Waals surface area (Å²) in [5, 5.41) is 9.07. The smallest absolute Gasteiger partial charge is 0.307 e. The number of carbonyl (C=O) groups excluding carboxylic acids is 1. The molecule has 0 aromatic heterocycles. The normalized spacial score (nSPS) is 20.5. The van der Waals surface area contributed by atoms with Crippen LogP contribution in [0, 0.1) is 11.8 Å². The number of hydrogen-bond acceptors (Lipinski definition) is 3. The Morgan fingerprint density at radius 2 is 1.86 bits per heavy atom. The van der Waals surface area contributed by atoms with E-state index in [0.29, 0.717) is 25.9 Å². The molecule has 0 radical (unpaired) electrons. The number of hydrogen-bond donors (Lipinski definition) is 1. The largest absolute Gasteiger partial charge is 0.497 e. The molecule has 1 saturated carbocycles. The molecule has 1 amide bonds. The van der Waals surface area contributed by atoms with Crippen molar-refractivity contribution in [3.63, 3.8) is 0 Å². The van der Waals surface area contributed by atoms with Gasteiger partial charge in [0.05, 0.1) is 18.9 Å². The van der Waals surface area contributed by atoms with Crippen molar-refractivity contribution in [1.82, 2.24) is 4.90 Å². The fourth-order valence-electron chi connectivity index (χ4n) is 2.62. The molecule has 1 N–H and O–H groups in total. The maximum atomic E-state index is 12.4. The number of methoxy groups -OCH3 is 1. The van der Waals surface area contributed by atoms with Crippen LogP contribution >= 0.6 is 0 Å². The van der Waals surface area contributed by atoms with Crippen molar-refractivity contribution in [1.29, 1.82) is 0 Å². The van der Waals surface area contributed by atoms with Crippen molar-refractivity contribution >= 4 is 11.9 Å². The monoisotopic (exact) mass is 291 g/mol. The van der Waals surface area contributed by atoms with Gasteiger partial charge in [0.15, 0.2) is 0 Å². The van der Waals surface area contributed by atoms with Crippen molar-refractivity contribution in [3.05, 3.63) is 29.8 Å². The number of nitrogens with zero attached hydrogens (tertiary/aromatic N) is 1. The van der Waals surface area contributed by atoms with Crippen LogP contribution in [-0.2, 0) is 16.1 Å². The fourth-order valence-corrected chi connectivity index (χ4v) is 2.62. The Morgan fingerprint density at radius 1 is 1.24 bits per heavy atom. The molecule has 114 valence electrons. The molecule has 1 aliphatic rings. The van der Waals surface area contributed by atoms with Crippen molar-refractivity contribution in [3.8, 4) is 5.75 Å². The molecule has 0 bridgehead atoms. The molecule has 0 spiro atoms. The van der Waals surface area contributed by atoms with Crippen LogP contribution in [0.4, 0.5) is 0 Å². The summed E-state index contributed by atoms with van der Waals surface area (Å²) in [7, 11) is 1.61. The Morgan fingerprint density at radius 3 is 2.29 bits per heavy atom. The van der Waals surface area contributed by atoms with Gasteiger partial charge in [0, 0.05) is 13.1 Å². The van der Waals surface area contributed by atoms with E-state index in [0.717, 1.165) is 11.3 Å². The predicted molar refractivity (Wildman–Crippen MR) is 77.9 cm³/mol. The maximum absolute atomic E-state index is 12.4. The first kappa shape index (κ1) is 15.4. The summed E-state index contributed by atoms with van der Waals surface area (Å²) in [5.74, 6) is -1.01. The molecule has 1 aromatic carbocycles. The lowest BCUT2D eigenvalue weighted by atomic mass is 9.73. The molecule has 21 heavy (non-hydrogen) atoms. The second-order valence-electron chi connectivity index (χ2n) is 5.33.